The highest BCUT2D eigenvalue weighted by Gasteiger charge is 2.62. The third-order valence-electron chi connectivity index (χ3n) is 7.08. The van der Waals surface area contributed by atoms with Gasteiger partial charge in [-0.2, -0.15) is 0 Å². The second-order valence-electron chi connectivity index (χ2n) is 8.97. The van der Waals surface area contributed by atoms with Crippen molar-refractivity contribution >= 4 is 54.9 Å². The van der Waals surface area contributed by atoms with Crippen molar-refractivity contribution in [1.29, 1.82) is 0 Å². The average Bonchev–Trinajstić information content (AvgIpc) is 3.45. The average molecular weight is 597 g/mol. The van der Waals surface area contributed by atoms with Gasteiger partial charge in [-0.25, -0.2) is 13.7 Å². The Morgan fingerprint density at radius 3 is 1.54 bits per heavy atom. The molecule has 0 aromatic heterocycles. The van der Waals surface area contributed by atoms with Crippen LogP contribution in [0.3, 0.4) is 0 Å². The molecule has 1 saturated carbocycles. The van der Waals surface area contributed by atoms with E-state index in [-0.39, 0.29) is 17.5 Å². The Kier molecular flexibility index (Phi) is 5.38. The van der Waals surface area contributed by atoms with Crippen LogP contribution in [0, 0.1) is 35.3 Å². The topological polar surface area (TPSA) is 37.4 Å². The van der Waals surface area contributed by atoms with Gasteiger partial charge in [-0.15, -0.1) is 0 Å². The van der Waals surface area contributed by atoms with Crippen molar-refractivity contribution in [1.82, 2.24) is 0 Å². The molecule has 35 heavy (non-hydrogen) atoms. The van der Waals surface area contributed by atoms with Crippen molar-refractivity contribution in [3.8, 4) is 0 Å². The summed E-state index contributed by atoms with van der Waals surface area (Å²) in [5.74, 6) is -4.21. The summed E-state index contributed by atoms with van der Waals surface area (Å²) < 4.78 is 29.7. The van der Waals surface area contributed by atoms with Crippen LogP contribution in [0.2, 0.25) is 0 Å². The molecule has 3 nitrogen and oxygen atoms in total. The standard InChI is InChI=1S/C28H17Br2F2NO2/c29-16-5-1-14(2-6-16)23(15-3-7-17(30)8-4-15)24-21-9-10-22(24)26-25(21)27(34)33(28(26)35)20-12-18(31)11-19(32)13-20/h1-13,21-22,25-26H/t21-,22-,25-,26-/m0/s1. The van der Waals surface area contributed by atoms with Crippen molar-refractivity contribution in [2.24, 2.45) is 23.7 Å². The van der Waals surface area contributed by atoms with E-state index in [1.54, 1.807) is 0 Å². The zero-order valence-electron chi connectivity index (χ0n) is 18.1. The summed E-state index contributed by atoms with van der Waals surface area (Å²) in [5, 5.41) is 0. The normalized spacial score (nSPS) is 24.5. The summed E-state index contributed by atoms with van der Waals surface area (Å²) in [6.07, 6.45) is 4.00. The minimum absolute atomic E-state index is 0.0575. The number of hydrogen-bond donors (Lipinski definition) is 0. The van der Waals surface area contributed by atoms with E-state index in [1.165, 1.54) is 0 Å². The smallest absolute Gasteiger partial charge is 0.238 e. The summed E-state index contributed by atoms with van der Waals surface area (Å²) >= 11 is 6.98. The molecule has 2 fully saturated rings. The van der Waals surface area contributed by atoms with E-state index >= 15 is 0 Å². The molecular weight excluding hydrogens is 580 g/mol. The number of hydrogen-bond acceptors (Lipinski definition) is 2. The lowest BCUT2D eigenvalue weighted by atomic mass is 9.85. The zero-order chi connectivity index (χ0) is 24.4. The molecule has 174 valence electrons. The number of benzene rings is 3. The van der Waals surface area contributed by atoms with Crippen LogP contribution < -0.4 is 4.90 Å². The van der Waals surface area contributed by atoms with Gasteiger partial charge in [0.25, 0.3) is 0 Å². The number of nitrogens with zero attached hydrogens (tertiary/aromatic N) is 1. The molecule has 1 heterocycles. The Balaban J connectivity index is 1.49. The molecule has 3 aromatic rings. The second-order valence-corrected chi connectivity index (χ2v) is 10.8. The van der Waals surface area contributed by atoms with Crippen LogP contribution in [0.4, 0.5) is 14.5 Å². The first kappa shape index (κ1) is 22.6. The zero-order valence-corrected chi connectivity index (χ0v) is 21.3. The first-order chi connectivity index (χ1) is 16.8. The van der Waals surface area contributed by atoms with Gasteiger partial charge in [-0.05, 0) is 58.7 Å². The van der Waals surface area contributed by atoms with Crippen LogP contribution in [0.25, 0.3) is 5.57 Å². The monoisotopic (exact) mass is 595 g/mol. The second kappa shape index (κ2) is 8.35. The molecule has 2 bridgehead atoms. The molecule has 7 heteroatoms. The van der Waals surface area contributed by atoms with Crippen LogP contribution in [-0.2, 0) is 9.59 Å². The molecule has 3 aliphatic rings. The summed E-state index contributed by atoms with van der Waals surface area (Å²) in [4.78, 5) is 28.0. The summed E-state index contributed by atoms with van der Waals surface area (Å²) in [7, 11) is 0. The number of carbonyl (C=O) groups is 2. The number of anilines is 1. The third-order valence-corrected chi connectivity index (χ3v) is 8.13. The fraction of sp³-hybridized carbons (Fsp3) is 0.143. The lowest BCUT2D eigenvalue weighted by Gasteiger charge is -2.22. The molecular formula is C28H17Br2F2NO2. The van der Waals surface area contributed by atoms with Gasteiger partial charge in [0.2, 0.25) is 11.8 Å². The molecule has 0 spiro atoms. The molecule has 2 amide bonds. The van der Waals surface area contributed by atoms with Crippen molar-refractivity contribution in [2.45, 2.75) is 0 Å². The molecule has 2 aliphatic carbocycles. The van der Waals surface area contributed by atoms with E-state index in [9.17, 15) is 18.4 Å². The Labute approximate surface area is 217 Å². The Morgan fingerprint density at radius 2 is 1.11 bits per heavy atom. The predicted octanol–water partition coefficient (Wildman–Crippen LogP) is 6.91. The highest BCUT2D eigenvalue weighted by Crippen LogP contribution is 2.59. The van der Waals surface area contributed by atoms with E-state index in [2.05, 4.69) is 31.9 Å². The summed E-state index contributed by atoms with van der Waals surface area (Å²) in [6, 6.07) is 18.7. The van der Waals surface area contributed by atoms with Gasteiger partial charge >= 0.3 is 0 Å². The lowest BCUT2D eigenvalue weighted by Crippen LogP contribution is -2.33. The molecule has 6 rings (SSSR count). The largest absolute Gasteiger partial charge is 0.274 e. The number of imide groups is 1. The molecule has 1 saturated heterocycles. The van der Waals surface area contributed by atoms with Gasteiger partial charge in [0.1, 0.15) is 11.6 Å². The quantitative estimate of drug-likeness (QED) is 0.243. The fourth-order valence-electron chi connectivity index (χ4n) is 5.75. The number of rotatable bonds is 3. The third kappa shape index (κ3) is 3.55. The maximum absolute atomic E-state index is 13.9. The van der Waals surface area contributed by atoms with Gasteiger partial charge in [0.15, 0.2) is 0 Å². The molecule has 0 unspecified atom stereocenters. The number of fused-ring (bicyclic) bond motifs is 5. The molecule has 0 N–H and O–H groups in total. The highest BCUT2D eigenvalue weighted by molar-refractivity contribution is 9.10. The maximum atomic E-state index is 13.9. The van der Waals surface area contributed by atoms with E-state index in [4.69, 9.17) is 0 Å². The summed E-state index contributed by atoms with van der Waals surface area (Å²) in [6.45, 7) is 0. The fourth-order valence-corrected chi connectivity index (χ4v) is 6.28. The number of amides is 2. The molecule has 4 atom stereocenters. The van der Waals surface area contributed by atoms with Gasteiger partial charge in [0, 0.05) is 26.8 Å². The van der Waals surface area contributed by atoms with Crippen LogP contribution in [0.5, 0.6) is 0 Å². The minimum Gasteiger partial charge on any atom is -0.274 e. The maximum Gasteiger partial charge on any atom is 0.238 e. The number of allylic oxidation sites excluding steroid dienone is 3. The summed E-state index contributed by atoms with van der Waals surface area (Å²) in [5.41, 5.74) is 3.97. The SMILES string of the molecule is O=C1[C@@H]2[C@@H](C(=O)N1c1cc(F)cc(F)c1)[C@H]1C=C[C@H]2C1=C(c1ccc(Br)cc1)c1ccc(Br)cc1. The van der Waals surface area contributed by atoms with Gasteiger partial charge in [0.05, 0.1) is 17.5 Å². The first-order valence-corrected chi connectivity index (χ1v) is 12.7. The first-order valence-electron chi connectivity index (χ1n) is 11.1. The van der Waals surface area contributed by atoms with E-state index in [1.807, 2.05) is 60.7 Å². The van der Waals surface area contributed by atoms with Crippen LogP contribution in [0.1, 0.15) is 11.1 Å². The van der Waals surface area contributed by atoms with Crippen molar-refractivity contribution < 1.29 is 18.4 Å². The van der Waals surface area contributed by atoms with Gasteiger partial charge in [-0.3, -0.25) is 9.59 Å². The van der Waals surface area contributed by atoms with Crippen LogP contribution >= 0.6 is 31.9 Å². The minimum atomic E-state index is -0.827. The Bertz CT molecular complexity index is 1350. The Morgan fingerprint density at radius 1 is 0.686 bits per heavy atom. The van der Waals surface area contributed by atoms with Crippen molar-refractivity contribution in [3.05, 3.63) is 116 Å². The van der Waals surface area contributed by atoms with E-state index in [0.717, 1.165) is 54.3 Å². The van der Waals surface area contributed by atoms with Gasteiger partial charge < -0.3 is 0 Å². The predicted molar refractivity (Wildman–Crippen MR) is 136 cm³/mol. The van der Waals surface area contributed by atoms with Crippen molar-refractivity contribution in [2.75, 3.05) is 4.90 Å². The lowest BCUT2D eigenvalue weighted by molar-refractivity contribution is -0.122. The Hall–Kier alpha value is -2.90. The van der Waals surface area contributed by atoms with E-state index < -0.39 is 35.3 Å². The van der Waals surface area contributed by atoms with Crippen molar-refractivity contribution in [3.63, 3.8) is 0 Å². The molecule has 0 radical (unpaired) electrons. The van der Waals surface area contributed by atoms with Gasteiger partial charge in [-0.1, -0.05) is 68.3 Å². The van der Waals surface area contributed by atoms with E-state index in [0.29, 0.717) is 0 Å². The highest BCUT2D eigenvalue weighted by atomic mass is 79.9. The van der Waals surface area contributed by atoms with Crippen LogP contribution in [0.15, 0.2) is 93.4 Å². The van der Waals surface area contributed by atoms with Crippen LogP contribution in [-0.4, -0.2) is 11.8 Å². The number of carbonyl (C=O) groups excluding carboxylic acids is 2. The molecule has 1 aliphatic heterocycles. The number of halogens is 4. The molecule has 3 aromatic carbocycles.